The van der Waals surface area contributed by atoms with Crippen LogP contribution in [0.4, 0.5) is 0 Å². The number of rotatable bonds is 4. The maximum atomic E-state index is 6.01. The first kappa shape index (κ1) is 8.82. The molecule has 2 rings (SSSR count). The van der Waals surface area contributed by atoms with Crippen molar-refractivity contribution in [1.82, 2.24) is 0 Å². The van der Waals surface area contributed by atoms with E-state index >= 15 is 0 Å². The Balaban J connectivity index is 1.96. The van der Waals surface area contributed by atoms with Crippen LogP contribution in [0.1, 0.15) is 43.7 Å². The van der Waals surface area contributed by atoms with E-state index in [9.17, 15) is 0 Å². The Hall–Kier alpha value is -0.760. The third-order valence-corrected chi connectivity index (χ3v) is 2.68. The van der Waals surface area contributed by atoms with Crippen molar-refractivity contribution < 1.29 is 4.42 Å². The Morgan fingerprint density at radius 2 is 2.31 bits per heavy atom. The first-order chi connectivity index (χ1) is 6.29. The Labute approximate surface area is 79.1 Å². The molecule has 1 aromatic rings. The summed E-state index contributed by atoms with van der Waals surface area (Å²) in [6.07, 6.45) is 4.76. The second kappa shape index (κ2) is 3.54. The third kappa shape index (κ3) is 2.13. The van der Waals surface area contributed by atoms with Crippen LogP contribution in [0, 0.1) is 5.92 Å². The van der Waals surface area contributed by atoms with Crippen LogP contribution in [-0.2, 0) is 6.42 Å². The Morgan fingerprint density at radius 1 is 1.54 bits per heavy atom. The van der Waals surface area contributed by atoms with E-state index in [2.05, 4.69) is 6.92 Å². The molecule has 2 nitrogen and oxygen atoms in total. The molecule has 1 aliphatic carbocycles. The molecular weight excluding hydrogens is 162 g/mol. The van der Waals surface area contributed by atoms with E-state index in [-0.39, 0.29) is 6.04 Å². The van der Waals surface area contributed by atoms with Crippen LogP contribution >= 0.6 is 0 Å². The van der Waals surface area contributed by atoms with Crippen molar-refractivity contribution in [1.29, 1.82) is 0 Å². The summed E-state index contributed by atoms with van der Waals surface area (Å²) in [6.45, 7) is 2.09. The Kier molecular flexibility index (Phi) is 2.40. The molecule has 0 radical (unpaired) electrons. The molecule has 1 aliphatic rings. The van der Waals surface area contributed by atoms with Gasteiger partial charge in [-0.1, -0.05) is 19.8 Å². The highest BCUT2D eigenvalue weighted by Crippen LogP contribution is 2.36. The van der Waals surface area contributed by atoms with Gasteiger partial charge in [0.1, 0.15) is 11.5 Å². The van der Waals surface area contributed by atoms with Crippen LogP contribution in [0.2, 0.25) is 0 Å². The van der Waals surface area contributed by atoms with E-state index in [1.54, 1.807) is 0 Å². The van der Waals surface area contributed by atoms with Crippen molar-refractivity contribution >= 4 is 0 Å². The number of nitrogens with two attached hydrogens (primary N) is 1. The summed E-state index contributed by atoms with van der Waals surface area (Å²) < 4.78 is 5.60. The molecule has 0 unspecified atom stereocenters. The van der Waals surface area contributed by atoms with Crippen LogP contribution in [-0.4, -0.2) is 0 Å². The van der Waals surface area contributed by atoms with Crippen LogP contribution in [0.25, 0.3) is 0 Å². The molecule has 1 heterocycles. The van der Waals surface area contributed by atoms with Gasteiger partial charge in [0.25, 0.3) is 0 Å². The number of furan rings is 1. The Bertz CT molecular complexity index is 275. The van der Waals surface area contributed by atoms with E-state index in [4.69, 9.17) is 10.2 Å². The first-order valence-corrected chi connectivity index (χ1v) is 5.13. The lowest BCUT2D eigenvalue weighted by atomic mass is 10.1. The molecule has 1 aromatic heterocycles. The second-order valence-corrected chi connectivity index (χ2v) is 3.94. The largest absolute Gasteiger partial charge is 0.464 e. The average molecular weight is 179 g/mol. The minimum absolute atomic E-state index is 0.118. The molecule has 0 amide bonds. The lowest BCUT2D eigenvalue weighted by molar-refractivity contribution is 0.416. The van der Waals surface area contributed by atoms with Gasteiger partial charge in [0, 0.05) is 6.42 Å². The third-order valence-electron chi connectivity index (χ3n) is 2.68. The van der Waals surface area contributed by atoms with Gasteiger partial charge in [-0.15, -0.1) is 0 Å². The fourth-order valence-corrected chi connectivity index (χ4v) is 1.61. The quantitative estimate of drug-likeness (QED) is 0.771. The van der Waals surface area contributed by atoms with Gasteiger partial charge in [0.05, 0.1) is 6.04 Å². The molecule has 1 atom stereocenters. The van der Waals surface area contributed by atoms with Crippen molar-refractivity contribution in [2.24, 2.45) is 11.7 Å². The van der Waals surface area contributed by atoms with E-state index in [1.165, 1.54) is 12.8 Å². The first-order valence-electron chi connectivity index (χ1n) is 5.13. The summed E-state index contributed by atoms with van der Waals surface area (Å²) >= 11 is 0. The van der Waals surface area contributed by atoms with Gasteiger partial charge in [-0.05, 0) is 24.5 Å². The molecule has 2 N–H and O–H groups in total. The van der Waals surface area contributed by atoms with Gasteiger partial charge < -0.3 is 10.2 Å². The molecule has 0 aromatic carbocycles. The number of hydrogen-bond acceptors (Lipinski definition) is 2. The molecule has 72 valence electrons. The lowest BCUT2D eigenvalue weighted by Crippen LogP contribution is -2.09. The van der Waals surface area contributed by atoms with Gasteiger partial charge in [-0.2, -0.15) is 0 Å². The van der Waals surface area contributed by atoms with Crippen molar-refractivity contribution in [3.8, 4) is 0 Å². The summed E-state index contributed by atoms with van der Waals surface area (Å²) in [5.74, 6) is 2.87. The van der Waals surface area contributed by atoms with Gasteiger partial charge in [0.15, 0.2) is 0 Å². The second-order valence-electron chi connectivity index (χ2n) is 3.94. The summed E-state index contributed by atoms with van der Waals surface area (Å²) in [6, 6.07) is 4.17. The highest BCUT2D eigenvalue weighted by molar-refractivity contribution is 5.10. The van der Waals surface area contributed by atoms with Gasteiger partial charge in [-0.25, -0.2) is 0 Å². The topological polar surface area (TPSA) is 39.2 Å². The predicted molar refractivity (Wildman–Crippen MR) is 52.4 cm³/mol. The zero-order valence-electron chi connectivity index (χ0n) is 8.12. The fraction of sp³-hybridized carbons (Fsp3) is 0.636. The van der Waals surface area contributed by atoms with E-state index in [0.717, 1.165) is 30.3 Å². The minimum atomic E-state index is 0.118. The van der Waals surface area contributed by atoms with Crippen molar-refractivity contribution in [2.75, 3.05) is 0 Å². The summed E-state index contributed by atoms with van der Waals surface area (Å²) in [7, 11) is 0. The van der Waals surface area contributed by atoms with Gasteiger partial charge in [-0.3, -0.25) is 0 Å². The van der Waals surface area contributed by atoms with E-state index in [1.807, 2.05) is 12.1 Å². The summed E-state index contributed by atoms with van der Waals surface area (Å²) in [5.41, 5.74) is 6.01. The smallest absolute Gasteiger partial charge is 0.120 e. The number of hydrogen-bond donors (Lipinski definition) is 1. The highest BCUT2D eigenvalue weighted by atomic mass is 16.3. The highest BCUT2D eigenvalue weighted by Gasteiger charge is 2.25. The zero-order chi connectivity index (χ0) is 9.26. The monoisotopic (exact) mass is 179 g/mol. The molecule has 0 aliphatic heterocycles. The molecule has 2 heteroatoms. The zero-order valence-corrected chi connectivity index (χ0v) is 8.12. The van der Waals surface area contributed by atoms with Crippen LogP contribution in [0.3, 0.4) is 0 Å². The fourth-order valence-electron chi connectivity index (χ4n) is 1.61. The van der Waals surface area contributed by atoms with E-state index < -0.39 is 0 Å². The maximum Gasteiger partial charge on any atom is 0.120 e. The normalized spacial score (nSPS) is 18.9. The molecule has 0 saturated heterocycles. The van der Waals surface area contributed by atoms with Crippen molar-refractivity contribution in [3.63, 3.8) is 0 Å². The Morgan fingerprint density at radius 3 is 2.85 bits per heavy atom. The average Bonchev–Trinajstić information content (AvgIpc) is 2.82. The SMILES string of the molecule is CCc1ccc([C@H](N)CC2CC2)o1. The van der Waals surface area contributed by atoms with Crippen molar-refractivity contribution in [3.05, 3.63) is 23.7 Å². The van der Waals surface area contributed by atoms with Crippen LogP contribution in [0.15, 0.2) is 16.5 Å². The maximum absolute atomic E-state index is 6.01. The summed E-state index contributed by atoms with van der Waals surface area (Å²) in [4.78, 5) is 0. The number of aryl methyl sites for hydroxylation is 1. The lowest BCUT2D eigenvalue weighted by Gasteiger charge is -2.06. The molecule has 1 fully saturated rings. The van der Waals surface area contributed by atoms with Crippen LogP contribution in [0.5, 0.6) is 0 Å². The van der Waals surface area contributed by atoms with Crippen molar-refractivity contribution in [2.45, 2.75) is 38.6 Å². The molecule has 0 spiro atoms. The molecular formula is C11H17NO. The van der Waals surface area contributed by atoms with Crippen LogP contribution < -0.4 is 5.73 Å². The molecule has 0 bridgehead atoms. The van der Waals surface area contributed by atoms with E-state index in [0.29, 0.717) is 0 Å². The van der Waals surface area contributed by atoms with Gasteiger partial charge in [0.2, 0.25) is 0 Å². The summed E-state index contributed by atoms with van der Waals surface area (Å²) in [5, 5.41) is 0. The molecule has 1 saturated carbocycles. The predicted octanol–water partition coefficient (Wildman–Crippen LogP) is 2.64. The standard InChI is InChI=1S/C11H17NO/c1-2-9-5-6-11(13-9)10(12)7-8-3-4-8/h5-6,8,10H,2-4,7,12H2,1H3/t10-/m1/s1. The minimum Gasteiger partial charge on any atom is -0.464 e. The molecule has 13 heavy (non-hydrogen) atoms. The van der Waals surface area contributed by atoms with Gasteiger partial charge >= 0.3 is 0 Å².